The van der Waals surface area contributed by atoms with Gasteiger partial charge in [-0.1, -0.05) is 42.5 Å². The third-order valence-corrected chi connectivity index (χ3v) is 5.40. The third-order valence-electron chi connectivity index (χ3n) is 5.40. The maximum Gasteiger partial charge on any atom is 0.227 e. The number of rotatable bonds is 5. The third kappa shape index (κ3) is 4.67. The van der Waals surface area contributed by atoms with Gasteiger partial charge in [0.1, 0.15) is 5.82 Å². The number of benzene rings is 2. The lowest BCUT2D eigenvalue weighted by molar-refractivity contribution is 0.645. The van der Waals surface area contributed by atoms with Crippen molar-refractivity contribution in [2.75, 3.05) is 47.9 Å². The van der Waals surface area contributed by atoms with Gasteiger partial charge >= 0.3 is 0 Å². The van der Waals surface area contributed by atoms with Crippen molar-refractivity contribution in [3.8, 4) is 0 Å². The highest BCUT2D eigenvalue weighted by atomic mass is 15.3. The highest BCUT2D eigenvalue weighted by molar-refractivity contribution is 5.52. The van der Waals surface area contributed by atoms with E-state index < -0.39 is 0 Å². The summed E-state index contributed by atoms with van der Waals surface area (Å²) in [6.07, 6.45) is 0. The summed E-state index contributed by atoms with van der Waals surface area (Å²) in [5.74, 6) is 1.81. The van der Waals surface area contributed by atoms with Gasteiger partial charge in [0, 0.05) is 57.2 Å². The quantitative estimate of drug-likeness (QED) is 0.660. The van der Waals surface area contributed by atoms with E-state index in [0.29, 0.717) is 0 Å². The van der Waals surface area contributed by atoms with E-state index in [0.717, 1.165) is 50.2 Å². The zero-order chi connectivity index (χ0) is 20.2. The molecule has 0 N–H and O–H groups in total. The van der Waals surface area contributed by atoms with Crippen molar-refractivity contribution in [2.45, 2.75) is 20.4 Å². The smallest absolute Gasteiger partial charge is 0.227 e. The average Bonchev–Trinajstić information content (AvgIpc) is 2.74. The number of aromatic nitrogens is 2. The van der Waals surface area contributed by atoms with Crippen LogP contribution in [0.15, 0.2) is 60.7 Å². The van der Waals surface area contributed by atoms with E-state index >= 15 is 0 Å². The molecule has 150 valence electrons. The minimum absolute atomic E-state index is 0.782. The van der Waals surface area contributed by atoms with Crippen LogP contribution in [-0.4, -0.2) is 43.2 Å². The van der Waals surface area contributed by atoms with Crippen molar-refractivity contribution in [1.29, 1.82) is 0 Å². The number of anilines is 3. The first-order chi connectivity index (χ1) is 14.1. The summed E-state index contributed by atoms with van der Waals surface area (Å²) < 4.78 is 0. The molecular weight excluding hydrogens is 358 g/mol. The van der Waals surface area contributed by atoms with Crippen LogP contribution in [0.2, 0.25) is 0 Å². The molecule has 0 spiro atoms. The zero-order valence-corrected chi connectivity index (χ0v) is 17.5. The molecule has 1 saturated heterocycles. The van der Waals surface area contributed by atoms with Crippen LogP contribution in [0.5, 0.6) is 0 Å². The van der Waals surface area contributed by atoms with Crippen LogP contribution in [0.4, 0.5) is 17.5 Å². The summed E-state index contributed by atoms with van der Waals surface area (Å²) in [5.41, 5.74) is 4.88. The maximum atomic E-state index is 4.89. The molecule has 0 bridgehead atoms. The second-order valence-corrected chi connectivity index (χ2v) is 7.82. The van der Waals surface area contributed by atoms with Crippen LogP contribution in [0, 0.1) is 13.8 Å². The van der Waals surface area contributed by atoms with E-state index in [1.54, 1.807) is 0 Å². The molecule has 0 atom stereocenters. The molecular formula is C24H29N5. The Morgan fingerprint density at radius 1 is 0.828 bits per heavy atom. The van der Waals surface area contributed by atoms with Gasteiger partial charge in [-0.05, 0) is 37.1 Å². The summed E-state index contributed by atoms with van der Waals surface area (Å²) in [6, 6.07) is 21.3. The molecule has 4 rings (SSSR count). The van der Waals surface area contributed by atoms with Crippen molar-refractivity contribution in [3.05, 3.63) is 77.5 Å². The fourth-order valence-corrected chi connectivity index (χ4v) is 3.82. The molecule has 0 aliphatic carbocycles. The average molecular weight is 388 g/mol. The van der Waals surface area contributed by atoms with Crippen molar-refractivity contribution in [2.24, 2.45) is 0 Å². The van der Waals surface area contributed by atoms with Crippen LogP contribution in [0.25, 0.3) is 0 Å². The molecule has 5 heteroatoms. The second kappa shape index (κ2) is 8.52. The predicted octanol–water partition coefficient (Wildman–Crippen LogP) is 4.06. The Kier molecular flexibility index (Phi) is 5.65. The van der Waals surface area contributed by atoms with Crippen LogP contribution in [-0.2, 0) is 6.54 Å². The molecule has 0 amide bonds. The highest BCUT2D eigenvalue weighted by Crippen LogP contribution is 2.22. The molecule has 0 saturated carbocycles. The topological polar surface area (TPSA) is 35.5 Å². The summed E-state index contributed by atoms with van der Waals surface area (Å²) in [6.45, 7) is 8.93. The van der Waals surface area contributed by atoms with Gasteiger partial charge in [0.15, 0.2) is 0 Å². The van der Waals surface area contributed by atoms with Gasteiger partial charge in [0.25, 0.3) is 0 Å². The zero-order valence-electron chi connectivity index (χ0n) is 17.5. The molecule has 3 aromatic rings. The number of nitrogens with zero attached hydrogens (tertiary/aromatic N) is 5. The molecule has 1 fully saturated rings. The highest BCUT2D eigenvalue weighted by Gasteiger charge is 2.20. The summed E-state index contributed by atoms with van der Waals surface area (Å²) in [7, 11) is 2.06. The van der Waals surface area contributed by atoms with E-state index in [1.165, 1.54) is 16.8 Å². The minimum atomic E-state index is 0.782. The summed E-state index contributed by atoms with van der Waals surface area (Å²) in [5, 5.41) is 0. The van der Waals surface area contributed by atoms with Crippen molar-refractivity contribution < 1.29 is 0 Å². The van der Waals surface area contributed by atoms with Crippen LogP contribution < -0.4 is 14.7 Å². The SMILES string of the molecule is Cc1cccc(N2CCN(c3cc(C)nc(N(C)Cc4ccccc4)n3)CC2)c1. The maximum absolute atomic E-state index is 4.89. The minimum Gasteiger partial charge on any atom is -0.368 e. The second-order valence-electron chi connectivity index (χ2n) is 7.82. The van der Waals surface area contributed by atoms with Gasteiger partial charge in [-0.15, -0.1) is 0 Å². The number of hydrogen-bond acceptors (Lipinski definition) is 5. The molecule has 1 aliphatic rings. The molecule has 0 radical (unpaired) electrons. The molecule has 1 aromatic heterocycles. The summed E-state index contributed by atoms with van der Waals surface area (Å²) >= 11 is 0. The normalized spacial score (nSPS) is 14.2. The van der Waals surface area contributed by atoms with Crippen molar-refractivity contribution in [3.63, 3.8) is 0 Å². The first kappa shape index (κ1) is 19.2. The Bertz CT molecular complexity index is 948. The van der Waals surface area contributed by atoms with E-state index in [2.05, 4.69) is 88.3 Å². The number of piperazine rings is 1. The fraction of sp³-hybridized carbons (Fsp3) is 0.333. The van der Waals surface area contributed by atoms with Gasteiger partial charge in [0.05, 0.1) is 0 Å². The largest absolute Gasteiger partial charge is 0.368 e. The molecule has 1 aliphatic heterocycles. The van der Waals surface area contributed by atoms with Gasteiger partial charge in [0.2, 0.25) is 5.95 Å². The fourth-order valence-electron chi connectivity index (χ4n) is 3.82. The monoisotopic (exact) mass is 387 g/mol. The molecule has 2 aromatic carbocycles. The Labute approximate surface area is 173 Å². The van der Waals surface area contributed by atoms with E-state index in [9.17, 15) is 0 Å². The van der Waals surface area contributed by atoms with E-state index in [1.807, 2.05) is 13.0 Å². The van der Waals surface area contributed by atoms with Crippen LogP contribution in [0.1, 0.15) is 16.8 Å². The molecule has 0 unspecified atom stereocenters. The first-order valence-corrected chi connectivity index (χ1v) is 10.3. The van der Waals surface area contributed by atoms with Gasteiger partial charge in [-0.25, -0.2) is 4.98 Å². The van der Waals surface area contributed by atoms with Gasteiger partial charge < -0.3 is 14.7 Å². The number of hydrogen-bond donors (Lipinski definition) is 0. The standard InChI is InChI=1S/C24H29N5/c1-19-8-7-11-22(16-19)28-12-14-29(15-13-28)23-17-20(2)25-24(26-23)27(3)18-21-9-5-4-6-10-21/h4-11,16-17H,12-15,18H2,1-3H3. The molecule has 29 heavy (non-hydrogen) atoms. The lowest BCUT2D eigenvalue weighted by atomic mass is 10.2. The van der Waals surface area contributed by atoms with Crippen LogP contribution in [0.3, 0.4) is 0 Å². The molecule has 5 nitrogen and oxygen atoms in total. The van der Waals surface area contributed by atoms with Crippen LogP contribution >= 0.6 is 0 Å². The lowest BCUT2D eigenvalue weighted by Crippen LogP contribution is -2.47. The van der Waals surface area contributed by atoms with E-state index in [4.69, 9.17) is 4.98 Å². The number of aryl methyl sites for hydroxylation is 2. The first-order valence-electron chi connectivity index (χ1n) is 10.3. The van der Waals surface area contributed by atoms with Crippen molar-refractivity contribution in [1.82, 2.24) is 9.97 Å². The molecule has 2 heterocycles. The Hall–Kier alpha value is -3.08. The Balaban J connectivity index is 1.45. The lowest BCUT2D eigenvalue weighted by Gasteiger charge is -2.37. The van der Waals surface area contributed by atoms with E-state index in [-0.39, 0.29) is 0 Å². The predicted molar refractivity (Wildman–Crippen MR) is 121 cm³/mol. The van der Waals surface area contributed by atoms with Gasteiger partial charge in [-0.2, -0.15) is 4.98 Å². The Morgan fingerprint density at radius 2 is 1.55 bits per heavy atom. The summed E-state index contributed by atoms with van der Waals surface area (Å²) in [4.78, 5) is 16.5. The van der Waals surface area contributed by atoms with Gasteiger partial charge in [-0.3, -0.25) is 0 Å². The Morgan fingerprint density at radius 3 is 2.28 bits per heavy atom. The van der Waals surface area contributed by atoms with Crippen molar-refractivity contribution >= 4 is 17.5 Å².